The predicted molar refractivity (Wildman–Crippen MR) is 122 cm³/mol. The van der Waals surface area contributed by atoms with Crippen molar-refractivity contribution in [2.45, 2.75) is 109 Å². The van der Waals surface area contributed by atoms with E-state index in [0.717, 1.165) is 38.5 Å². The van der Waals surface area contributed by atoms with Crippen LogP contribution in [0.2, 0.25) is 0 Å². The second kappa shape index (κ2) is 18.6. The SMILES string of the molecule is [2H]C([2H])([C@]([2H])(O)CC(=O)[O-])[N+](C)(C)CC(=O)CCCCCCC/C=C\CCCCCCCC. The maximum atomic E-state index is 12.3. The largest absolute Gasteiger partial charge is 0.550 e. The number of rotatable bonds is 21. The molecule has 0 aliphatic rings. The first-order valence-electron chi connectivity index (χ1n) is 13.3. The van der Waals surface area contributed by atoms with E-state index in [1.165, 1.54) is 59.0 Å². The van der Waals surface area contributed by atoms with Gasteiger partial charge < -0.3 is 19.5 Å². The minimum atomic E-state index is -2.89. The molecule has 0 heterocycles. The summed E-state index contributed by atoms with van der Waals surface area (Å²) in [6.45, 7) is -0.629. The Morgan fingerprint density at radius 2 is 1.47 bits per heavy atom. The Morgan fingerprint density at radius 3 is 2.00 bits per heavy atom. The lowest BCUT2D eigenvalue weighted by Crippen LogP contribution is -2.49. The van der Waals surface area contributed by atoms with Gasteiger partial charge in [-0.3, -0.25) is 4.79 Å². The quantitative estimate of drug-likeness (QED) is 0.169. The standard InChI is InChI=1S/C25H47NO4/c1-4-5-6-7-8-9-10-11-12-13-14-15-16-17-18-19-23(27)21-26(2,3)22-24(28)20-25(29)30/h11-12,24,28H,4-10,13-22H2,1-3H3/b12-11-/t24-/m1/s1/i22D2,24D. The van der Waals surface area contributed by atoms with Crippen molar-refractivity contribution < 1.29 is 28.4 Å². The predicted octanol–water partition coefficient (Wildman–Crippen LogP) is 4.17. The van der Waals surface area contributed by atoms with Crippen molar-refractivity contribution in [1.82, 2.24) is 0 Å². The van der Waals surface area contributed by atoms with Gasteiger partial charge in [0.2, 0.25) is 0 Å². The molecule has 1 N–H and O–H groups in total. The van der Waals surface area contributed by atoms with E-state index in [4.69, 9.17) is 4.11 Å². The molecule has 0 saturated heterocycles. The Hall–Kier alpha value is -1.20. The number of hydrogen-bond acceptors (Lipinski definition) is 4. The fraction of sp³-hybridized carbons (Fsp3) is 0.840. The molecular weight excluding hydrogens is 378 g/mol. The van der Waals surface area contributed by atoms with E-state index in [9.17, 15) is 19.8 Å². The number of ketones is 1. The summed E-state index contributed by atoms with van der Waals surface area (Å²) in [5.41, 5.74) is 0. The van der Waals surface area contributed by atoms with Gasteiger partial charge in [0.25, 0.3) is 0 Å². The highest BCUT2D eigenvalue weighted by Crippen LogP contribution is 2.11. The number of allylic oxidation sites excluding steroid dienone is 2. The van der Waals surface area contributed by atoms with Gasteiger partial charge in [-0.1, -0.05) is 70.4 Å². The molecule has 0 amide bonds. The first kappa shape index (κ1) is 23.5. The monoisotopic (exact) mass is 428 g/mol. The summed E-state index contributed by atoms with van der Waals surface area (Å²) in [7, 11) is 2.76. The van der Waals surface area contributed by atoms with Crippen molar-refractivity contribution >= 4 is 11.8 Å². The van der Waals surface area contributed by atoms with E-state index < -0.39 is 29.5 Å². The fourth-order valence-electron chi connectivity index (χ4n) is 3.48. The zero-order chi connectivity index (χ0) is 25.4. The summed E-state index contributed by atoms with van der Waals surface area (Å²) in [5, 5.41) is 20.8. The smallest absolute Gasteiger partial charge is 0.186 e. The summed E-state index contributed by atoms with van der Waals surface area (Å²) >= 11 is 0. The number of aliphatic hydroxyl groups is 1. The first-order valence-corrected chi connectivity index (χ1v) is 11.8. The lowest BCUT2D eigenvalue weighted by molar-refractivity contribution is -0.885. The van der Waals surface area contributed by atoms with Crippen LogP contribution >= 0.6 is 0 Å². The average molecular weight is 429 g/mol. The molecule has 176 valence electrons. The normalized spacial score (nSPS) is 16.1. The molecule has 0 aromatic heterocycles. The molecule has 5 heteroatoms. The molecule has 0 aliphatic carbocycles. The van der Waals surface area contributed by atoms with E-state index in [1.54, 1.807) is 0 Å². The van der Waals surface area contributed by atoms with E-state index in [1.807, 2.05) is 0 Å². The fourth-order valence-corrected chi connectivity index (χ4v) is 3.48. The molecule has 0 radical (unpaired) electrons. The van der Waals surface area contributed by atoms with Gasteiger partial charge in [-0.25, -0.2) is 0 Å². The molecular formula is C25H47NO4. The van der Waals surface area contributed by atoms with Gasteiger partial charge in [0.15, 0.2) is 5.78 Å². The maximum Gasteiger partial charge on any atom is 0.186 e. The molecule has 0 bridgehead atoms. The second-order valence-corrected chi connectivity index (χ2v) is 8.82. The summed E-state index contributed by atoms with van der Waals surface area (Å²) in [6, 6.07) is 0. The van der Waals surface area contributed by atoms with Crippen molar-refractivity contribution in [3.05, 3.63) is 12.2 Å². The highest BCUT2D eigenvalue weighted by Gasteiger charge is 2.23. The molecule has 0 rings (SSSR count). The summed E-state index contributed by atoms with van der Waals surface area (Å²) in [6.07, 6.45) is 16.0. The lowest BCUT2D eigenvalue weighted by atomic mass is 10.1. The van der Waals surface area contributed by atoms with Crippen LogP contribution in [0.5, 0.6) is 0 Å². The van der Waals surface area contributed by atoms with Crippen LogP contribution in [-0.2, 0) is 9.59 Å². The van der Waals surface area contributed by atoms with Crippen molar-refractivity contribution in [3.8, 4) is 0 Å². The Labute approximate surface area is 189 Å². The number of likely N-dealkylation sites (N-methyl/N-ethyl adjacent to an activating group) is 1. The number of carboxylic acid groups (broad SMARTS) is 1. The van der Waals surface area contributed by atoms with Gasteiger partial charge in [0.1, 0.15) is 19.1 Å². The van der Waals surface area contributed by atoms with Crippen LogP contribution in [0.25, 0.3) is 0 Å². The van der Waals surface area contributed by atoms with Crippen LogP contribution in [0, 0.1) is 0 Å². The number of carbonyl (C=O) groups is 2. The minimum absolute atomic E-state index is 0.161. The summed E-state index contributed by atoms with van der Waals surface area (Å²) in [4.78, 5) is 23.1. The summed E-state index contributed by atoms with van der Waals surface area (Å²) < 4.78 is 23.2. The van der Waals surface area contributed by atoms with Crippen molar-refractivity contribution in [2.75, 3.05) is 27.1 Å². The van der Waals surface area contributed by atoms with Crippen molar-refractivity contribution in [3.63, 3.8) is 0 Å². The molecule has 0 spiro atoms. The number of carboxylic acids is 1. The number of carbonyl (C=O) groups excluding carboxylic acids is 2. The number of hydrogen-bond donors (Lipinski definition) is 1. The highest BCUT2D eigenvalue weighted by atomic mass is 16.4. The van der Waals surface area contributed by atoms with Crippen LogP contribution in [0.1, 0.15) is 107 Å². The van der Waals surface area contributed by atoms with Gasteiger partial charge in [0, 0.05) is 18.8 Å². The molecule has 0 aromatic rings. The van der Waals surface area contributed by atoms with Gasteiger partial charge in [0.05, 0.1) is 18.2 Å². The molecule has 0 fully saturated rings. The Kier molecular flexibility index (Phi) is 14.5. The first-order chi connectivity index (χ1) is 15.4. The topological polar surface area (TPSA) is 77.4 Å². The molecule has 0 aromatic carbocycles. The van der Waals surface area contributed by atoms with Gasteiger partial charge in [-0.2, -0.15) is 0 Å². The van der Waals surface area contributed by atoms with Crippen molar-refractivity contribution in [1.29, 1.82) is 0 Å². The molecule has 0 aliphatic heterocycles. The third-order valence-corrected chi connectivity index (χ3v) is 5.03. The van der Waals surface area contributed by atoms with Crippen LogP contribution in [0.3, 0.4) is 0 Å². The Bertz CT molecular complexity index is 592. The van der Waals surface area contributed by atoms with Crippen LogP contribution < -0.4 is 5.11 Å². The van der Waals surface area contributed by atoms with Crippen LogP contribution in [-0.4, -0.2) is 54.6 Å². The van der Waals surface area contributed by atoms with Gasteiger partial charge in [-0.05, 0) is 32.1 Å². The number of aliphatic carboxylic acids is 1. The maximum absolute atomic E-state index is 12.3. The number of nitrogens with zero attached hydrogens (tertiary/aromatic N) is 1. The lowest BCUT2D eigenvalue weighted by Gasteiger charge is -2.31. The third-order valence-electron chi connectivity index (χ3n) is 5.03. The van der Waals surface area contributed by atoms with E-state index in [0.29, 0.717) is 6.42 Å². The van der Waals surface area contributed by atoms with E-state index in [-0.39, 0.29) is 12.3 Å². The molecule has 1 atom stereocenters. The number of unbranched alkanes of at least 4 members (excludes halogenated alkanes) is 11. The van der Waals surface area contributed by atoms with Gasteiger partial charge in [-0.15, -0.1) is 0 Å². The van der Waals surface area contributed by atoms with Gasteiger partial charge >= 0.3 is 0 Å². The van der Waals surface area contributed by atoms with E-state index in [2.05, 4.69) is 19.1 Å². The molecule has 0 saturated carbocycles. The number of quaternary nitrogens is 1. The Balaban J connectivity index is 3.97. The van der Waals surface area contributed by atoms with Crippen LogP contribution in [0.4, 0.5) is 0 Å². The van der Waals surface area contributed by atoms with E-state index >= 15 is 0 Å². The molecule has 0 unspecified atom stereocenters. The molecule has 5 nitrogen and oxygen atoms in total. The average Bonchev–Trinajstić information content (AvgIpc) is 2.69. The Morgan fingerprint density at radius 1 is 0.967 bits per heavy atom. The van der Waals surface area contributed by atoms with Crippen LogP contribution in [0.15, 0.2) is 12.2 Å². The minimum Gasteiger partial charge on any atom is -0.550 e. The third kappa shape index (κ3) is 20.1. The second-order valence-electron chi connectivity index (χ2n) is 8.82. The zero-order valence-corrected chi connectivity index (χ0v) is 19.6. The van der Waals surface area contributed by atoms with Crippen molar-refractivity contribution in [2.24, 2.45) is 0 Å². The molecule has 30 heavy (non-hydrogen) atoms. The highest BCUT2D eigenvalue weighted by molar-refractivity contribution is 5.79. The summed E-state index contributed by atoms with van der Waals surface area (Å²) in [5.74, 6) is -1.87. The zero-order valence-electron chi connectivity index (χ0n) is 22.6. The number of Topliss-reactive ketones (excluding diaryl/α,β-unsaturated/α-hetero) is 1.